The first-order chi connectivity index (χ1) is 11.4. The van der Waals surface area contributed by atoms with Crippen molar-refractivity contribution in [2.75, 3.05) is 19.4 Å². The molecule has 0 aliphatic carbocycles. The molecule has 124 valence electrons. The van der Waals surface area contributed by atoms with Crippen LogP contribution in [0.1, 0.15) is 15.9 Å². The number of carbonyl (C=O) groups excluding carboxylic acids is 2. The Balaban J connectivity index is 2.00. The molecule has 0 atom stereocenters. The van der Waals surface area contributed by atoms with E-state index in [-0.39, 0.29) is 16.8 Å². The number of anilines is 1. The monoisotopic (exact) mass is 346 g/mol. The first kappa shape index (κ1) is 17.7. The molecular formula is C18H16ClFN2O2. The van der Waals surface area contributed by atoms with Crippen LogP contribution in [0.25, 0.3) is 6.08 Å². The van der Waals surface area contributed by atoms with Crippen LogP contribution in [0.4, 0.5) is 10.1 Å². The molecule has 0 spiro atoms. The molecule has 0 fully saturated rings. The normalized spacial score (nSPS) is 10.7. The minimum atomic E-state index is -0.544. The predicted octanol–water partition coefficient (Wildman–Crippen LogP) is 3.83. The summed E-state index contributed by atoms with van der Waals surface area (Å²) >= 11 is 5.66. The van der Waals surface area contributed by atoms with Crippen molar-refractivity contribution in [2.45, 2.75) is 0 Å². The molecule has 0 saturated carbocycles. The number of nitrogens with one attached hydrogen (secondary N) is 1. The molecule has 2 rings (SSSR count). The zero-order valence-corrected chi connectivity index (χ0v) is 14.0. The average molecular weight is 347 g/mol. The summed E-state index contributed by atoms with van der Waals surface area (Å²) in [5, 5.41) is 2.53. The van der Waals surface area contributed by atoms with Gasteiger partial charge in [0.25, 0.3) is 5.91 Å². The third kappa shape index (κ3) is 4.67. The number of halogens is 2. The summed E-state index contributed by atoms with van der Waals surface area (Å²) in [6, 6.07) is 10.8. The number of rotatable bonds is 4. The maximum Gasteiger partial charge on any atom is 0.253 e. The fraction of sp³-hybridized carbons (Fsp3) is 0.111. The van der Waals surface area contributed by atoms with E-state index in [0.717, 1.165) is 5.56 Å². The Bertz CT molecular complexity index is 786. The van der Waals surface area contributed by atoms with Crippen molar-refractivity contribution in [3.8, 4) is 0 Å². The van der Waals surface area contributed by atoms with E-state index < -0.39 is 5.82 Å². The van der Waals surface area contributed by atoms with Crippen molar-refractivity contribution < 1.29 is 14.0 Å². The van der Waals surface area contributed by atoms with E-state index in [4.69, 9.17) is 11.6 Å². The van der Waals surface area contributed by atoms with Crippen molar-refractivity contribution in [3.63, 3.8) is 0 Å². The Morgan fingerprint density at radius 2 is 1.79 bits per heavy atom. The molecule has 6 heteroatoms. The minimum Gasteiger partial charge on any atom is -0.345 e. The molecule has 4 nitrogen and oxygen atoms in total. The Hall–Kier alpha value is -2.66. The van der Waals surface area contributed by atoms with Crippen molar-refractivity contribution >= 4 is 35.2 Å². The number of amides is 2. The standard InChI is InChI=1S/C18H16ClFN2O2/c1-22(2)18(24)13-6-3-12(4-7-13)5-10-17(23)21-14-8-9-16(20)15(19)11-14/h3-11H,1-2H3,(H,21,23)/b10-5+. The highest BCUT2D eigenvalue weighted by molar-refractivity contribution is 6.31. The van der Waals surface area contributed by atoms with Crippen LogP contribution >= 0.6 is 11.6 Å². The van der Waals surface area contributed by atoms with E-state index in [1.54, 1.807) is 44.4 Å². The number of carbonyl (C=O) groups is 2. The quantitative estimate of drug-likeness (QED) is 0.855. The number of benzene rings is 2. The molecule has 1 N–H and O–H groups in total. The van der Waals surface area contributed by atoms with E-state index in [2.05, 4.69) is 5.32 Å². The lowest BCUT2D eigenvalue weighted by atomic mass is 10.1. The molecule has 0 unspecified atom stereocenters. The Morgan fingerprint density at radius 3 is 2.38 bits per heavy atom. The summed E-state index contributed by atoms with van der Waals surface area (Å²) < 4.78 is 13.1. The lowest BCUT2D eigenvalue weighted by Gasteiger charge is -2.09. The third-order valence-corrected chi connectivity index (χ3v) is 3.47. The van der Waals surface area contributed by atoms with Gasteiger partial charge in [0.15, 0.2) is 0 Å². The maximum atomic E-state index is 13.1. The van der Waals surface area contributed by atoms with Crippen LogP contribution in [0.15, 0.2) is 48.5 Å². The molecule has 0 aliphatic heterocycles. The third-order valence-electron chi connectivity index (χ3n) is 3.18. The van der Waals surface area contributed by atoms with Gasteiger partial charge in [-0.1, -0.05) is 23.7 Å². The number of nitrogens with zero attached hydrogens (tertiary/aromatic N) is 1. The molecule has 2 aromatic carbocycles. The number of hydrogen-bond acceptors (Lipinski definition) is 2. The van der Waals surface area contributed by atoms with Crippen LogP contribution in [0.2, 0.25) is 5.02 Å². The van der Waals surface area contributed by atoms with Crippen LogP contribution < -0.4 is 5.32 Å². The lowest BCUT2D eigenvalue weighted by Crippen LogP contribution is -2.21. The van der Waals surface area contributed by atoms with E-state index in [0.29, 0.717) is 11.3 Å². The highest BCUT2D eigenvalue weighted by Crippen LogP contribution is 2.19. The number of hydrogen-bond donors (Lipinski definition) is 1. The van der Waals surface area contributed by atoms with Gasteiger partial charge in [-0.05, 0) is 42.0 Å². The Morgan fingerprint density at radius 1 is 1.12 bits per heavy atom. The summed E-state index contributed by atoms with van der Waals surface area (Å²) in [6.07, 6.45) is 2.96. The second kappa shape index (κ2) is 7.75. The van der Waals surface area contributed by atoms with Crippen molar-refractivity contribution in [2.24, 2.45) is 0 Å². The molecule has 2 aromatic rings. The zero-order chi connectivity index (χ0) is 17.7. The van der Waals surface area contributed by atoms with E-state index in [1.165, 1.54) is 29.2 Å². The highest BCUT2D eigenvalue weighted by atomic mass is 35.5. The molecule has 0 aromatic heterocycles. The SMILES string of the molecule is CN(C)C(=O)c1ccc(/C=C/C(=O)Nc2ccc(F)c(Cl)c2)cc1. The molecule has 2 amide bonds. The summed E-state index contributed by atoms with van der Waals surface area (Å²) in [5.74, 6) is -1.000. The van der Waals surface area contributed by atoms with Gasteiger partial charge in [0.2, 0.25) is 5.91 Å². The molecule has 0 bridgehead atoms. The predicted molar refractivity (Wildman–Crippen MR) is 93.5 cm³/mol. The summed E-state index contributed by atoms with van der Waals surface area (Å²) in [6.45, 7) is 0. The van der Waals surface area contributed by atoms with E-state index in [9.17, 15) is 14.0 Å². The molecule has 0 radical (unpaired) electrons. The fourth-order valence-corrected chi connectivity index (χ4v) is 2.11. The second-order valence-electron chi connectivity index (χ2n) is 5.27. The van der Waals surface area contributed by atoms with E-state index in [1.807, 2.05) is 0 Å². The first-order valence-corrected chi connectivity index (χ1v) is 7.50. The molecular weight excluding hydrogens is 331 g/mol. The van der Waals surface area contributed by atoms with Crippen molar-refractivity contribution in [1.29, 1.82) is 0 Å². The van der Waals surface area contributed by atoms with Gasteiger partial charge in [0.05, 0.1) is 5.02 Å². The van der Waals surface area contributed by atoms with Gasteiger partial charge in [-0.2, -0.15) is 0 Å². The van der Waals surface area contributed by atoms with Gasteiger partial charge in [0.1, 0.15) is 5.82 Å². The lowest BCUT2D eigenvalue weighted by molar-refractivity contribution is -0.111. The van der Waals surface area contributed by atoms with Gasteiger partial charge < -0.3 is 10.2 Å². The summed E-state index contributed by atoms with van der Waals surface area (Å²) in [5.41, 5.74) is 1.75. The smallest absolute Gasteiger partial charge is 0.253 e. The first-order valence-electron chi connectivity index (χ1n) is 7.12. The Labute approximate surface area is 144 Å². The topological polar surface area (TPSA) is 49.4 Å². The van der Waals surface area contributed by atoms with Gasteiger partial charge >= 0.3 is 0 Å². The molecule has 0 saturated heterocycles. The van der Waals surface area contributed by atoms with E-state index >= 15 is 0 Å². The van der Waals surface area contributed by atoms with Crippen LogP contribution in [0.3, 0.4) is 0 Å². The van der Waals surface area contributed by atoms with Crippen molar-refractivity contribution in [3.05, 3.63) is 70.5 Å². The minimum absolute atomic E-state index is 0.0575. The van der Waals surface area contributed by atoms with Gasteiger partial charge in [0, 0.05) is 31.4 Å². The van der Waals surface area contributed by atoms with Gasteiger partial charge in [-0.15, -0.1) is 0 Å². The Kier molecular flexibility index (Phi) is 5.71. The van der Waals surface area contributed by atoms with Crippen molar-refractivity contribution in [1.82, 2.24) is 4.90 Å². The van der Waals surface area contributed by atoms with Crippen LogP contribution in [-0.2, 0) is 4.79 Å². The zero-order valence-electron chi connectivity index (χ0n) is 13.2. The van der Waals surface area contributed by atoms with Gasteiger partial charge in [-0.25, -0.2) is 4.39 Å². The second-order valence-corrected chi connectivity index (χ2v) is 5.68. The van der Waals surface area contributed by atoms with Gasteiger partial charge in [-0.3, -0.25) is 9.59 Å². The molecule has 0 aliphatic rings. The maximum absolute atomic E-state index is 13.1. The largest absolute Gasteiger partial charge is 0.345 e. The summed E-state index contributed by atoms with van der Waals surface area (Å²) in [4.78, 5) is 25.1. The average Bonchev–Trinajstić information content (AvgIpc) is 2.56. The van der Waals surface area contributed by atoms with Crippen LogP contribution in [0.5, 0.6) is 0 Å². The molecule has 0 heterocycles. The fourth-order valence-electron chi connectivity index (χ4n) is 1.92. The molecule has 24 heavy (non-hydrogen) atoms. The highest BCUT2D eigenvalue weighted by Gasteiger charge is 2.07. The van der Waals surface area contributed by atoms with Crippen LogP contribution in [-0.4, -0.2) is 30.8 Å². The summed E-state index contributed by atoms with van der Waals surface area (Å²) in [7, 11) is 3.37. The van der Waals surface area contributed by atoms with Crippen LogP contribution in [0, 0.1) is 5.82 Å².